The Bertz CT molecular complexity index is 659. The highest BCUT2D eigenvalue weighted by Gasteiger charge is 2.20. The highest BCUT2D eigenvalue weighted by atomic mass is 127. The summed E-state index contributed by atoms with van der Waals surface area (Å²) in [6.07, 6.45) is 0. The Morgan fingerprint density at radius 3 is 2.52 bits per heavy atom. The number of aryl methyl sites for hydroxylation is 1. The van der Waals surface area contributed by atoms with Crippen molar-refractivity contribution in [3.05, 3.63) is 39.2 Å². The molecule has 2 rings (SSSR count). The number of carbonyl (C=O) groups is 1. The van der Waals surface area contributed by atoms with Crippen molar-refractivity contribution in [1.29, 1.82) is 0 Å². The van der Waals surface area contributed by atoms with Gasteiger partial charge in [0.15, 0.2) is 5.82 Å². The molecule has 2 amide bonds. The Labute approximate surface area is 137 Å². The van der Waals surface area contributed by atoms with Crippen LogP contribution in [0.5, 0.6) is 0 Å². The molecule has 0 spiro atoms. The molecule has 112 valence electrons. The summed E-state index contributed by atoms with van der Waals surface area (Å²) in [5.41, 5.74) is 1.64. The lowest BCUT2D eigenvalue weighted by Crippen LogP contribution is -2.20. The molecule has 21 heavy (non-hydrogen) atoms. The molecule has 0 atom stereocenters. The molecule has 0 aliphatic heterocycles. The van der Waals surface area contributed by atoms with E-state index in [1.165, 1.54) is 0 Å². The molecule has 2 N–H and O–H groups in total. The minimum atomic E-state index is -0.340. The van der Waals surface area contributed by atoms with E-state index in [-0.39, 0.29) is 11.4 Å². The first-order valence-electron chi connectivity index (χ1n) is 6.57. The number of carbonyl (C=O) groups excluding carboxylic acids is 1. The molecule has 0 aliphatic rings. The van der Waals surface area contributed by atoms with Gasteiger partial charge in [-0.1, -0.05) is 25.9 Å². The Morgan fingerprint density at radius 1 is 1.24 bits per heavy atom. The van der Waals surface area contributed by atoms with E-state index in [2.05, 4.69) is 38.4 Å². The quantitative estimate of drug-likeness (QED) is 0.730. The number of aromatic nitrogens is 1. The normalized spacial score (nSPS) is 11.3. The molecule has 0 unspecified atom stereocenters. The van der Waals surface area contributed by atoms with Crippen LogP contribution in [0.3, 0.4) is 0 Å². The first-order valence-corrected chi connectivity index (χ1v) is 7.65. The van der Waals surface area contributed by atoms with Gasteiger partial charge >= 0.3 is 6.03 Å². The van der Waals surface area contributed by atoms with Crippen LogP contribution in [-0.2, 0) is 5.41 Å². The van der Waals surface area contributed by atoms with Crippen molar-refractivity contribution in [2.24, 2.45) is 0 Å². The van der Waals surface area contributed by atoms with Crippen molar-refractivity contribution in [2.45, 2.75) is 33.1 Å². The molecular weight excluding hydrogens is 381 g/mol. The highest BCUT2D eigenvalue weighted by molar-refractivity contribution is 14.1. The third-order valence-electron chi connectivity index (χ3n) is 2.93. The maximum Gasteiger partial charge on any atom is 0.324 e. The van der Waals surface area contributed by atoms with Crippen molar-refractivity contribution in [3.63, 3.8) is 0 Å². The van der Waals surface area contributed by atoms with Gasteiger partial charge in [-0.2, -0.15) is 0 Å². The molecule has 0 saturated carbocycles. The van der Waals surface area contributed by atoms with Crippen LogP contribution in [0, 0.1) is 10.5 Å². The predicted octanol–water partition coefficient (Wildman–Crippen LogP) is 4.53. The number of anilines is 2. The van der Waals surface area contributed by atoms with Crippen LogP contribution in [-0.4, -0.2) is 11.2 Å². The molecule has 1 aromatic carbocycles. The van der Waals surface area contributed by atoms with Gasteiger partial charge in [0, 0.05) is 20.7 Å². The van der Waals surface area contributed by atoms with Crippen LogP contribution in [0.4, 0.5) is 16.3 Å². The lowest BCUT2D eigenvalue weighted by molar-refractivity contribution is 0.262. The molecular formula is C15H18IN3O2. The Balaban J connectivity index is 2.03. The van der Waals surface area contributed by atoms with E-state index in [0.29, 0.717) is 5.82 Å². The summed E-state index contributed by atoms with van der Waals surface area (Å²) in [4.78, 5) is 12.0. The van der Waals surface area contributed by atoms with Crippen molar-refractivity contribution >= 4 is 40.1 Å². The summed E-state index contributed by atoms with van der Waals surface area (Å²) in [5.74, 6) is 1.13. The summed E-state index contributed by atoms with van der Waals surface area (Å²) in [6, 6.07) is 7.22. The Kier molecular flexibility index (Phi) is 4.55. The molecule has 2 aromatic rings. The topological polar surface area (TPSA) is 67.2 Å². The zero-order valence-corrected chi connectivity index (χ0v) is 14.6. The molecule has 0 bridgehead atoms. The third-order valence-corrected chi connectivity index (χ3v) is 3.60. The van der Waals surface area contributed by atoms with Crippen molar-refractivity contribution in [2.75, 3.05) is 10.6 Å². The van der Waals surface area contributed by atoms with E-state index in [4.69, 9.17) is 4.52 Å². The summed E-state index contributed by atoms with van der Waals surface area (Å²) in [5, 5.41) is 9.32. The highest BCUT2D eigenvalue weighted by Crippen LogP contribution is 2.24. The van der Waals surface area contributed by atoms with E-state index in [1.807, 2.05) is 45.9 Å². The first kappa shape index (κ1) is 15.8. The van der Waals surface area contributed by atoms with Crippen LogP contribution in [0.2, 0.25) is 0 Å². The van der Waals surface area contributed by atoms with E-state index in [9.17, 15) is 4.79 Å². The molecule has 1 heterocycles. The maximum absolute atomic E-state index is 12.0. The predicted molar refractivity (Wildman–Crippen MR) is 91.7 cm³/mol. The van der Waals surface area contributed by atoms with Crippen molar-refractivity contribution in [1.82, 2.24) is 5.16 Å². The van der Waals surface area contributed by atoms with E-state index < -0.39 is 0 Å². The van der Waals surface area contributed by atoms with Gasteiger partial charge < -0.3 is 9.84 Å². The van der Waals surface area contributed by atoms with Gasteiger partial charge in [-0.3, -0.25) is 5.32 Å². The Hall–Kier alpha value is -1.57. The van der Waals surface area contributed by atoms with E-state index >= 15 is 0 Å². The number of hydrogen-bond acceptors (Lipinski definition) is 3. The zero-order valence-electron chi connectivity index (χ0n) is 12.5. The summed E-state index contributed by atoms with van der Waals surface area (Å²) < 4.78 is 6.35. The molecule has 1 aromatic heterocycles. The molecule has 0 saturated heterocycles. The number of hydrogen-bond donors (Lipinski definition) is 2. The number of halogens is 1. The van der Waals surface area contributed by atoms with Crippen LogP contribution < -0.4 is 10.6 Å². The van der Waals surface area contributed by atoms with Crippen molar-refractivity contribution < 1.29 is 9.32 Å². The van der Waals surface area contributed by atoms with Gasteiger partial charge in [-0.15, -0.1) is 0 Å². The lowest BCUT2D eigenvalue weighted by atomic mass is 9.93. The van der Waals surface area contributed by atoms with Crippen molar-refractivity contribution in [3.8, 4) is 0 Å². The molecule has 0 fully saturated rings. The average molecular weight is 399 g/mol. The second kappa shape index (κ2) is 6.05. The zero-order chi connectivity index (χ0) is 15.6. The maximum atomic E-state index is 12.0. The summed E-state index contributed by atoms with van der Waals surface area (Å²) in [7, 11) is 0. The smallest absolute Gasteiger partial charge is 0.324 e. The second-order valence-electron chi connectivity index (χ2n) is 5.86. The molecule has 0 radical (unpaired) electrons. The summed E-state index contributed by atoms with van der Waals surface area (Å²) in [6.45, 7) is 8.01. The van der Waals surface area contributed by atoms with Crippen LogP contribution in [0.1, 0.15) is 32.1 Å². The van der Waals surface area contributed by atoms with E-state index in [0.717, 1.165) is 20.6 Å². The largest absolute Gasteiger partial charge is 0.359 e. The summed E-state index contributed by atoms with van der Waals surface area (Å²) >= 11 is 2.23. The van der Waals surface area contributed by atoms with Gasteiger partial charge in [-0.25, -0.2) is 4.79 Å². The SMILES string of the molecule is Cc1cc(I)ccc1NC(=O)Nc1cc(C(C)(C)C)on1. The number of nitrogens with zero attached hydrogens (tertiary/aromatic N) is 1. The average Bonchev–Trinajstić information content (AvgIpc) is 2.81. The van der Waals surface area contributed by atoms with E-state index in [1.54, 1.807) is 6.07 Å². The number of urea groups is 1. The molecule has 6 heteroatoms. The fraction of sp³-hybridized carbons (Fsp3) is 0.333. The molecule has 5 nitrogen and oxygen atoms in total. The number of benzene rings is 1. The number of amides is 2. The second-order valence-corrected chi connectivity index (χ2v) is 7.11. The van der Waals surface area contributed by atoms with Gasteiger partial charge in [0.05, 0.1) is 0 Å². The standard InChI is InChI=1S/C15H18IN3O2/c1-9-7-10(16)5-6-11(9)17-14(20)18-13-8-12(21-19-13)15(2,3)4/h5-8H,1-4H3,(H2,17,18,19,20). The van der Waals surface area contributed by atoms with Crippen LogP contribution in [0.25, 0.3) is 0 Å². The third kappa shape index (κ3) is 4.20. The number of rotatable bonds is 2. The van der Waals surface area contributed by atoms with Gasteiger partial charge in [-0.05, 0) is 53.3 Å². The number of nitrogens with one attached hydrogen (secondary N) is 2. The Morgan fingerprint density at radius 2 is 1.95 bits per heavy atom. The lowest BCUT2D eigenvalue weighted by Gasteiger charge is -2.12. The monoisotopic (exact) mass is 399 g/mol. The van der Waals surface area contributed by atoms with Gasteiger partial charge in [0.2, 0.25) is 0 Å². The molecule has 0 aliphatic carbocycles. The fourth-order valence-electron chi connectivity index (χ4n) is 1.72. The minimum Gasteiger partial charge on any atom is -0.359 e. The van der Waals surface area contributed by atoms with Crippen LogP contribution in [0.15, 0.2) is 28.8 Å². The first-order chi connectivity index (χ1) is 9.75. The van der Waals surface area contributed by atoms with Gasteiger partial charge in [0.25, 0.3) is 0 Å². The minimum absolute atomic E-state index is 0.143. The fourth-order valence-corrected chi connectivity index (χ4v) is 2.37. The van der Waals surface area contributed by atoms with Crippen LogP contribution >= 0.6 is 22.6 Å². The van der Waals surface area contributed by atoms with Gasteiger partial charge in [0.1, 0.15) is 5.76 Å².